The Kier molecular flexibility index (Phi) is 4.65. The van der Waals surface area contributed by atoms with Gasteiger partial charge in [0.05, 0.1) is 36.8 Å². The number of halogens is 1. The molecule has 1 atom stereocenters. The Labute approximate surface area is 171 Å². The third-order valence-corrected chi connectivity index (χ3v) is 5.85. The van der Waals surface area contributed by atoms with Crippen molar-refractivity contribution in [3.63, 3.8) is 0 Å². The van der Waals surface area contributed by atoms with Crippen molar-refractivity contribution >= 4 is 38.8 Å². The normalized spacial score (nSPS) is 21.1. The Bertz CT molecular complexity index is 972. The molecule has 9 heteroatoms. The van der Waals surface area contributed by atoms with Crippen LogP contribution in [0, 0.1) is 0 Å². The van der Waals surface area contributed by atoms with Crippen LogP contribution in [0.4, 0.5) is 17.2 Å². The maximum atomic E-state index is 5.34. The van der Waals surface area contributed by atoms with Crippen LogP contribution in [-0.2, 0) is 4.74 Å². The largest absolute Gasteiger partial charge is 0.378 e. The summed E-state index contributed by atoms with van der Waals surface area (Å²) in [5.74, 6) is 0.782. The quantitative estimate of drug-likeness (QED) is 0.663. The number of aromatic nitrogens is 4. The summed E-state index contributed by atoms with van der Waals surface area (Å²) < 4.78 is 7.81. The van der Waals surface area contributed by atoms with Crippen molar-refractivity contribution in [3.8, 4) is 0 Å². The Morgan fingerprint density at radius 1 is 1.21 bits per heavy atom. The lowest BCUT2D eigenvalue weighted by atomic mass is 10.1. The number of nitrogens with one attached hydrogen (secondary N) is 1. The summed E-state index contributed by atoms with van der Waals surface area (Å²) in [4.78, 5) is 14.0. The van der Waals surface area contributed by atoms with Crippen molar-refractivity contribution in [2.24, 2.45) is 0 Å². The smallest absolute Gasteiger partial charge is 0.177 e. The van der Waals surface area contributed by atoms with Gasteiger partial charge in [-0.1, -0.05) is 0 Å². The molecule has 5 rings (SSSR count). The summed E-state index contributed by atoms with van der Waals surface area (Å²) in [6, 6.07) is 7.11. The number of nitrogens with zero attached hydrogens (tertiary/aromatic N) is 6. The van der Waals surface area contributed by atoms with Crippen LogP contribution >= 0.6 is 15.9 Å². The van der Waals surface area contributed by atoms with E-state index in [1.807, 2.05) is 24.5 Å². The van der Waals surface area contributed by atoms with E-state index in [0.29, 0.717) is 12.1 Å². The van der Waals surface area contributed by atoms with Gasteiger partial charge in [0, 0.05) is 44.1 Å². The third kappa shape index (κ3) is 3.34. The first-order valence-corrected chi connectivity index (χ1v) is 10.3. The number of hydrogen-bond acceptors (Lipinski definition) is 7. The van der Waals surface area contributed by atoms with Gasteiger partial charge < -0.3 is 15.0 Å². The maximum Gasteiger partial charge on any atom is 0.177 e. The van der Waals surface area contributed by atoms with Crippen LogP contribution in [0.5, 0.6) is 0 Å². The molecule has 0 bridgehead atoms. The molecule has 8 nitrogen and oxygen atoms in total. The van der Waals surface area contributed by atoms with Crippen LogP contribution in [0.1, 0.15) is 6.92 Å². The summed E-state index contributed by atoms with van der Waals surface area (Å²) in [5, 5.41) is 7.69. The fourth-order valence-electron chi connectivity index (χ4n) is 3.88. The molecule has 0 aliphatic carbocycles. The number of fused-ring (bicyclic) bond motifs is 1. The SMILES string of the molecule is C[C@H]1CN(C2COC2)CCN1c1ccc(Nc2cc(Br)nn3ccnc23)nc1. The molecule has 0 spiro atoms. The van der Waals surface area contributed by atoms with Gasteiger partial charge >= 0.3 is 0 Å². The van der Waals surface area contributed by atoms with Crippen LogP contribution in [-0.4, -0.2) is 69.4 Å². The highest BCUT2D eigenvalue weighted by atomic mass is 79.9. The predicted molar refractivity (Wildman–Crippen MR) is 111 cm³/mol. The van der Waals surface area contributed by atoms with E-state index in [2.05, 4.69) is 59.1 Å². The summed E-state index contributed by atoms with van der Waals surface area (Å²) in [6.07, 6.45) is 5.49. The van der Waals surface area contributed by atoms with E-state index in [1.54, 1.807) is 10.7 Å². The molecule has 0 radical (unpaired) electrons. The fraction of sp³-hybridized carbons (Fsp3) is 0.421. The number of rotatable bonds is 4. The molecule has 3 aromatic heterocycles. The van der Waals surface area contributed by atoms with E-state index in [-0.39, 0.29) is 0 Å². The van der Waals surface area contributed by atoms with Gasteiger partial charge in [-0.05, 0) is 35.0 Å². The maximum absolute atomic E-state index is 5.34. The molecular weight excluding hydrogens is 422 g/mol. The van der Waals surface area contributed by atoms with E-state index in [0.717, 1.165) is 60.3 Å². The van der Waals surface area contributed by atoms with E-state index in [1.165, 1.54) is 0 Å². The first-order chi connectivity index (χ1) is 13.7. The molecule has 0 unspecified atom stereocenters. The van der Waals surface area contributed by atoms with Crippen molar-refractivity contribution in [2.45, 2.75) is 19.0 Å². The summed E-state index contributed by atoms with van der Waals surface area (Å²) in [7, 11) is 0. The zero-order valence-electron chi connectivity index (χ0n) is 15.6. The fourth-order valence-corrected chi connectivity index (χ4v) is 4.28. The van der Waals surface area contributed by atoms with Gasteiger partial charge in [0.25, 0.3) is 0 Å². The topological polar surface area (TPSA) is 70.8 Å². The molecule has 2 saturated heterocycles. The summed E-state index contributed by atoms with van der Waals surface area (Å²) >= 11 is 3.44. The number of anilines is 3. The molecule has 28 heavy (non-hydrogen) atoms. The molecule has 0 aromatic carbocycles. The van der Waals surface area contributed by atoms with Crippen molar-refractivity contribution in [2.75, 3.05) is 43.1 Å². The molecule has 2 aliphatic heterocycles. The summed E-state index contributed by atoms with van der Waals surface area (Å²) in [6.45, 7) is 7.19. The second-order valence-electron chi connectivity index (χ2n) is 7.33. The van der Waals surface area contributed by atoms with E-state index in [9.17, 15) is 0 Å². The lowest BCUT2D eigenvalue weighted by molar-refractivity contribution is -0.0691. The standard InChI is InChI=1S/C19H22BrN7O/c1-13-10-25(15-11-28-12-15)6-7-26(13)14-2-3-18(22-9-14)23-16-8-17(20)24-27-5-4-21-19(16)27/h2-5,8-9,13,15H,6-7,10-12H2,1H3,(H,22,23)/t13-/m0/s1. The Morgan fingerprint density at radius 2 is 2.11 bits per heavy atom. The number of piperazine rings is 1. The van der Waals surface area contributed by atoms with Crippen molar-refractivity contribution < 1.29 is 4.74 Å². The molecular formula is C19H22BrN7O. The zero-order chi connectivity index (χ0) is 19.1. The average molecular weight is 444 g/mol. The second kappa shape index (κ2) is 7.31. The van der Waals surface area contributed by atoms with Crippen molar-refractivity contribution in [1.29, 1.82) is 0 Å². The lowest BCUT2D eigenvalue weighted by Crippen LogP contribution is -2.59. The van der Waals surface area contributed by atoms with Crippen LogP contribution in [0.25, 0.3) is 5.65 Å². The van der Waals surface area contributed by atoms with Crippen LogP contribution in [0.2, 0.25) is 0 Å². The Morgan fingerprint density at radius 3 is 2.82 bits per heavy atom. The van der Waals surface area contributed by atoms with E-state index >= 15 is 0 Å². The summed E-state index contributed by atoms with van der Waals surface area (Å²) in [5.41, 5.74) is 2.78. The predicted octanol–water partition coefficient (Wildman–Crippen LogP) is 2.54. The number of imidazole rings is 1. The first kappa shape index (κ1) is 17.8. The Hall–Kier alpha value is -2.23. The number of pyridine rings is 1. The second-order valence-corrected chi connectivity index (χ2v) is 8.14. The molecule has 2 fully saturated rings. The highest BCUT2D eigenvalue weighted by molar-refractivity contribution is 9.10. The molecule has 0 amide bonds. The number of hydrogen-bond donors (Lipinski definition) is 1. The Balaban J connectivity index is 1.30. The highest BCUT2D eigenvalue weighted by Gasteiger charge is 2.32. The number of ether oxygens (including phenoxy) is 1. The monoisotopic (exact) mass is 443 g/mol. The minimum atomic E-state index is 0.454. The minimum absolute atomic E-state index is 0.454. The third-order valence-electron chi connectivity index (χ3n) is 5.47. The van der Waals surface area contributed by atoms with Crippen LogP contribution in [0.3, 0.4) is 0 Å². The average Bonchev–Trinajstić information content (AvgIpc) is 3.10. The van der Waals surface area contributed by atoms with Gasteiger partial charge in [-0.2, -0.15) is 5.10 Å². The van der Waals surface area contributed by atoms with Gasteiger partial charge in [-0.15, -0.1) is 0 Å². The van der Waals surface area contributed by atoms with E-state index < -0.39 is 0 Å². The molecule has 1 N–H and O–H groups in total. The molecule has 5 heterocycles. The van der Waals surface area contributed by atoms with Gasteiger partial charge in [0.2, 0.25) is 0 Å². The van der Waals surface area contributed by atoms with E-state index in [4.69, 9.17) is 4.74 Å². The van der Waals surface area contributed by atoms with Gasteiger partial charge in [-0.25, -0.2) is 14.5 Å². The van der Waals surface area contributed by atoms with Crippen molar-refractivity contribution in [1.82, 2.24) is 24.5 Å². The minimum Gasteiger partial charge on any atom is -0.378 e. The first-order valence-electron chi connectivity index (χ1n) is 9.49. The van der Waals surface area contributed by atoms with Crippen LogP contribution < -0.4 is 10.2 Å². The molecule has 146 valence electrons. The van der Waals surface area contributed by atoms with Gasteiger partial charge in [0.15, 0.2) is 5.65 Å². The lowest BCUT2D eigenvalue weighted by Gasteiger charge is -2.46. The molecule has 3 aromatic rings. The highest BCUT2D eigenvalue weighted by Crippen LogP contribution is 2.26. The van der Waals surface area contributed by atoms with Crippen molar-refractivity contribution in [3.05, 3.63) is 41.4 Å². The molecule has 0 saturated carbocycles. The van der Waals surface area contributed by atoms with Gasteiger partial charge in [-0.3, -0.25) is 4.90 Å². The van der Waals surface area contributed by atoms with Crippen LogP contribution in [0.15, 0.2) is 41.4 Å². The molecule has 2 aliphatic rings. The van der Waals surface area contributed by atoms with Gasteiger partial charge in [0.1, 0.15) is 10.4 Å². The zero-order valence-corrected chi connectivity index (χ0v) is 17.2.